The van der Waals surface area contributed by atoms with Crippen molar-refractivity contribution in [2.75, 3.05) is 12.4 Å². The van der Waals surface area contributed by atoms with E-state index in [2.05, 4.69) is 15.5 Å². The van der Waals surface area contributed by atoms with Crippen LogP contribution in [-0.2, 0) is 11.3 Å². The largest absolute Gasteiger partial charge is 0.480 e. The van der Waals surface area contributed by atoms with Gasteiger partial charge in [-0.1, -0.05) is 11.8 Å². The molecule has 0 unspecified atom stereocenters. The molecule has 1 rings (SSSR count). The van der Waals surface area contributed by atoms with Crippen molar-refractivity contribution in [3.05, 3.63) is 0 Å². The Balaban J connectivity index is 2.60. The first kappa shape index (κ1) is 9.90. The number of hydrogen-bond donors (Lipinski definition) is 1. The normalized spacial score (nSPS) is 10.2. The van der Waals surface area contributed by atoms with Gasteiger partial charge in [-0.05, 0) is 10.4 Å². The summed E-state index contributed by atoms with van der Waals surface area (Å²) in [6.07, 6.45) is 0. The number of aliphatic carboxylic acids is 1. The fourth-order valence-electron chi connectivity index (χ4n) is 0.657. The Morgan fingerprint density at radius 2 is 2.46 bits per heavy atom. The van der Waals surface area contributed by atoms with Crippen molar-refractivity contribution in [2.45, 2.75) is 11.7 Å². The Kier molecular flexibility index (Phi) is 3.62. The van der Waals surface area contributed by atoms with E-state index >= 15 is 0 Å². The Morgan fingerprint density at radius 1 is 1.69 bits per heavy atom. The molecule has 0 aliphatic rings. The van der Waals surface area contributed by atoms with E-state index < -0.39 is 12.6 Å². The van der Waals surface area contributed by atoms with Crippen molar-refractivity contribution in [1.82, 2.24) is 20.2 Å². The second-order valence-electron chi connectivity index (χ2n) is 2.05. The van der Waals surface area contributed by atoms with Crippen LogP contribution >= 0.6 is 11.8 Å². The van der Waals surface area contributed by atoms with Gasteiger partial charge in [0.25, 0.3) is 0 Å². The molecule has 0 aromatic carbocycles. The predicted molar refractivity (Wildman–Crippen MR) is 42.2 cm³/mol. The summed E-state index contributed by atoms with van der Waals surface area (Å²) < 4.78 is 12.9. The van der Waals surface area contributed by atoms with Gasteiger partial charge in [0.1, 0.15) is 6.54 Å². The third-order valence-corrected chi connectivity index (χ3v) is 2.00. The fraction of sp³-hybridized carbons (Fsp3) is 0.600. The van der Waals surface area contributed by atoms with Gasteiger partial charge in [-0.15, -0.1) is 5.10 Å². The highest BCUT2D eigenvalue weighted by Gasteiger charge is 2.08. The third kappa shape index (κ3) is 2.98. The number of halogens is 1. The first-order valence-corrected chi connectivity index (χ1v) is 4.39. The lowest BCUT2D eigenvalue weighted by molar-refractivity contribution is -0.138. The van der Waals surface area contributed by atoms with Crippen LogP contribution in [0.4, 0.5) is 4.39 Å². The number of carboxylic acid groups (broad SMARTS) is 1. The summed E-state index contributed by atoms with van der Waals surface area (Å²) in [6, 6.07) is 0. The minimum Gasteiger partial charge on any atom is -0.480 e. The molecule has 0 bridgehead atoms. The molecule has 1 N–H and O–H groups in total. The van der Waals surface area contributed by atoms with Crippen LogP contribution in [0, 0.1) is 0 Å². The average Bonchev–Trinajstić information content (AvgIpc) is 2.48. The second kappa shape index (κ2) is 4.75. The number of aromatic nitrogens is 4. The predicted octanol–water partition coefficient (Wildman–Crippen LogP) is -0.181. The molecule has 0 spiro atoms. The van der Waals surface area contributed by atoms with E-state index in [0.29, 0.717) is 5.16 Å². The van der Waals surface area contributed by atoms with Crippen molar-refractivity contribution >= 4 is 17.7 Å². The van der Waals surface area contributed by atoms with Crippen molar-refractivity contribution in [3.63, 3.8) is 0 Å². The lowest BCUT2D eigenvalue weighted by Gasteiger charge is -1.98. The molecule has 8 heteroatoms. The molecule has 72 valence electrons. The molecule has 1 heterocycles. The molecule has 6 nitrogen and oxygen atoms in total. The molecular formula is C5H7FN4O2S. The van der Waals surface area contributed by atoms with E-state index in [0.717, 1.165) is 16.4 Å². The summed E-state index contributed by atoms with van der Waals surface area (Å²) in [5.74, 6) is -0.811. The molecule has 0 saturated carbocycles. The van der Waals surface area contributed by atoms with Gasteiger partial charge in [-0.2, -0.15) is 0 Å². The molecule has 0 saturated heterocycles. The maximum atomic E-state index is 11.8. The Bertz CT molecular complexity index is 292. The van der Waals surface area contributed by atoms with Crippen LogP contribution in [0.5, 0.6) is 0 Å². The number of tetrazole rings is 1. The van der Waals surface area contributed by atoms with Gasteiger partial charge in [0, 0.05) is 5.75 Å². The summed E-state index contributed by atoms with van der Waals surface area (Å²) in [7, 11) is 0. The number of alkyl halides is 1. The highest BCUT2D eigenvalue weighted by Crippen LogP contribution is 2.12. The van der Waals surface area contributed by atoms with Crippen LogP contribution < -0.4 is 0 Å². The SMILES string of the molecule is O=C(O)Cn1nnnc1SCCF. The van der Waals surface area contributed by atoms with Crippen LogP contribution in [0.25, 0.3) is 0 Å². The van der Waals surface area contributed by atoms with Crippen molar-refractivity contribution in [3.8, 4) is 0 Å². The van der Waals surface area contributed by atoms with E-state index in [4.69, 9.17) is 5.11 Å². The minimum atomic E-state index is -1.03. The molecular weight excluding hydrogens is 199 g/mol. The topological polar surface area (TPSA) is 80.9 Å². The average molecular weight is 206 g/mol. The first-order chi connectivity index (χ1) is 6.24. The maximum Gasteiger partial charge on any atom is 0.325 e. The van der Waals surface area contributed by atoms with Gasteiger partial charge < -0.3 is 5.11 Å². The van der Waals surface area contributed by atoms with E-state index in [1.807, 2.05) is 0 Å². The van der Waals surface area contributed by atoms with Crippen molar-refractivity contribution in [2.24, 2.45) is 0 Å². The molecule has 0 atom stereocenters. The van der Waals surface area contributed by atoms with Gasteiger partial charge in [0.05, 0.1) is 6.67 Å². The summed E-state index contributed by atoms with van der Waals surface area (Å²) in [6.45, 7) is -0.799. The number of carbonyl (C=O) groups is 1. The smallest absolute Gasteiger partial charge is 0.325 e. The Labute approximate surface area is 77.1 Å². The highest BCUT2D eigenvalue weighted by molar-refractivity contribution is 7.99. The van der Waals surface area contributed by atoms with E-state index in [-0.39, 0.29) is 12.3 Å². The second-order valence-corrected chi connectivity index (χ2v) is 3.11. The molecule has 0 aliphatic heterocycles. The molecule has 0 aliphatic carbocycles. The number of carboxylic acids is 1. The number of thioether (sulfide) groups is 1. The van der Waals surface area contributed by atoms with Crippen LogP contribution in [0.3, 0.4) is 0 Å². The van der Waals surface area contributed by atoms with Crippen LogP contribution in [-0.4, -0.2) is 43.7 Å². The quantitative estimate of drug-likeness (QED) is 0.673. The van der Waals surface area contributed by atoms with Gasteiger partial charge in [-0.3, -0.25) is 9.18 Å². The van der Waals surface area contributed by atoms with Gasteiger partial charge in [-0.25, -0.2) is 4.68 Å². The third-order valence-electron chi connectivity index (χ3n) is 1.09. The zero-order valence-electron chi connectivity index (χ0n) is 6.55. The Morgan fingerprint density at radius 3 is 3.08 bits per heavy atom. The number of hydrogen-bond acceptors (Lipinski definition) is 5. The maximum absolute atomic E-state index is 11.8. The lowest BCUT2D eigenvalue weighted by atomic mass is 10.7. The van der Waals surface area contributed by atoms with Crippen molar-refractivity contribution in [1.29, 1.82) is 0 Å². The van der Waals surface area contributed by atoms with E-state index in [1.54, 1.807) is 0 Å². The first-order valence-electron chi connectivity index (χ1n) is 3.40. The highest BCUT2D eigenvalue weighted by atomic mass is 32.2. The molecule has 1 aromatic rings. The molecule has 13 heavy (non-hydrogen) atoms. The lowest BCUT2D eigenvalue weighted by Crippen LogP contribution is -2.11. The van der Waals surface area contributed by atoms with Gasteiger partial charge >= 0.3 is 5.97 Å². The molecule has 0 amide bonds. The molecule has 0 fully saturated rings. The van der Waals surface area contributed by atoms with Crippen LogP contribution in [0.1, 0.15) is 0 Å². The standard InChI is InChI=1S/C5H7FN4O2S/c6-1-2-13-5-7-8-9-10(5)3-4(11)12/h1-3H2,(H,11,12). The van der Waals surface area contributed by atoms with Gasteiger partial charge in [0.2, 0.25) is 5.16 Å². The minimum absolute atomic E-state index is 0.222. The zero-order chi connectivity index (χ0) is 9.68. The van der Waals surface area contributed by atoms with E-state index in [9.17, 15) is 9.18 Å². The summed E-state index contributed by atoms with van der Waals surface area (Å²) in [5, 5.41) is 19.0. The summed E-state index contributed by atoms with van der Waals surface area (Å²) in [5.41, 5.74) is 0. The summed E-state index contributed by atoms with van der Waals surface area (Å²) >= 11 is 1.08. The molecule has 0 radical (unpaired) electrons. The van der Waals surface area contributed by atoms with Crippen LogP contribution in [0.2, 0.25) is 0 Å². The number of nitrogens with zero attached hydrogens (tertiary/aromatic N) is 4. The zero-order valence-corrected chi connectivity index (χ0v) is 7.37. The monoisotopic (exact) mass is 206 g/mol. The Hall–Kier alpha value is -1.18. The fourth-order valence-corrected chi connectivity index (χ4v) is 1.26. The number of rotatable bonds is 5. The van der Waals surface area contributed by atoms with Crippen LogP contribution in [0.15, 0.2) is 5.16 Å². The van der Waals surface area contributed by atoms with E-state index in [1.165, 1.54) is 0 Å². The summed E-state index contributed by atoms with van der Waals surface area (Å²) in [4.78, 5) is 10.3. The van der Waals surface area contributed by atoms with Crippen molar-refractivity contribution < 1.29 is 14.3 Å². The molecule has 1 aromatic heterocycles. The van der Waals surface area contributed by atoms with Gasteiger partial charge in [0.15, 0.2) is 0 Å².